The van der Waals surface area contributed by atoms with Crippen LogP contribution in [-0.2, 0) is 6.18 Å². The number of methoxy groups -OCH3 is 1. The zero-order valence-electron chi connectivity index (χ0n) is 19.5. The Labute approximate surface area is 220 Å². The Morgan fingerprint density at radius 1 is 1.08 bits per heavy atom. The second kappa shape index (κ2) is 9.68. The number of aromatic carboxylic acids is 1. The van der Waals surface area contributed by atoms with Crippen LogP contribution in [0.25, 0.3) is 22.3 Å². The summed E-state index contributed by atoms with van der Waals surface area (Å²) >= 11 is 6.18. The van der Waals surface area contributed by atoms with E-state index in [0.717, 1.165) is 23.4 Å². The highest BCUT2D eigenvalue weighted by molar-refractivity contribution is 6.32. The molecule has 16 heteroatoms. The number of halogens is 4. The van der Waals surface area contributed by atoms with Crippen LogP contribution in [0.15, 0.2) is 55.1 Å². The maximum Gasteiger partial charge on any atom is 0.434 e. The average Bonchev–Trinajstić information content (AvgIpc) is 3.56. The number of nitrogens with one attached hydrogen (secondary N) is 1. The van der Waals surface area contributed by atoms with Crippen molar-refractivity contribution < 1.29 is 32.6 Å². The van der Waals surface area contributed by atoms with E-state index in [1.807, 2.05) is 0 Å². The molecule has 0 aliphatic heterocycles. The van der Waals surface area contributed by atoms with Crippen molar-refractivity contribution in [3.63, 3.8) is 0 Å². The molecule has 0 aliphatic carbocycles. The number of carbonyl (C=O) groups excluding carboxylic acids is 1. The summed E-state index contributed by atoms with van der Waals surface area (Å²) in [6.07, 6.45) is -0.689. The van der Waals surface area contributed by atoms with Gasteiger partial charge in [0.1, 0.15) is 0 Å². The largest absolute Gasteiger partial charge is 0.481 e. The summed E-state index contributed by atoms with van der Waals surface area (Å²) in [7, 11) is 1.39. The number of pyridine rings is 2. The molecule has 39 heavy (non-hydrogen) atoms. The number of alkyl halides is 3. The molecule has 4 aromatic heterocycles. The zero-order valence-corrected chi connectivity index (χ0v) is 20.3. The van der Waals surface area contributed by atoms with Gasteiger partial charge in [0, 0.05) is 17.0 Å². The van der Waals surface area contributed by atoms with Crippen molar-refractivity contribution in [3.05, 3.63) is 77.1 Å². The van der Waals surface area contributed by atoms with Gasteiger partial charge in [-0.25, -0.2) is 19.4 Å². The Morgan fingerprint density at radius 2 is 1.87 bits per heavy atom. The Bertz CT molecular complexity index is 1750. The van der Waals surface area contributed by atoms with Gasteiger partial charge >= 0.3 is 12.1 Å². The fraction of sp³-hybridized carbons (Fsp3) is 0.0870. The van der Waals surface area contributed by atoms with Crippen molar-refractivity contribution in [1.82, 2.24) is 34.7 Å². The minimum absolute atomic E-state index is 0.0405. The quantitative estimate of drug-likeness (QED) is 0.315. The van der Waals surface area contributed by atoms with Gasteiger partial charge in [0.15, 0.2) is 17.2 Å². The Balaban J connectivity index is 1.50. The average molecular weight is 559 g/mol. The van der Waals surface area contributed by atoms with Crippen molar-refractivity contribution in [2.75, 3.05) is 12.4 Å². The molecule has 5 aromatic rings. The lowest BCUT2D eigenvalue weighted by Gasteiger charge is -2.15. The van der Waals surface area contributed by atoms with Crippen molar-refractivity contribution in [3.8, 4) is 17.4 Å². The number of benzene rings is 1. The third kappa shape index (κ3) is 4.70. The minimum atomic E-state index is -4.96. The van der Waals surface area contributed by atoms with Crippen LogP contribution in [0.3, 0.4) is 0 Å². The van der Waals surface area contributed by atoms with Gasteiger partial charge in [0.2, 0.25) is 5.88 Å². The maximum absolute atomic E-state index is 14.3. The SMILES string of the molecule is COc1nccc2c(-n3ncc(C(=O)Nc4cnc(-n5ncc(C(=O)O)n5)c(Cl)c4)c3C(F)(F)F)cccc12. The van der Waals surface area contributed by atoms with E-state index >= 15 is 0 Å². The van der Waals surface area contributed by atoms with Crippen LogP contribution in [-0.4, -0.2) is 58.8 Å². The molecule has 0 fully saturated rings. The van der Waals surface area contributed by atoms with E-state index in [1.54, 1.807) is 6.07 Å². The number of carboxylic acid groups (broad SMARTS) is 1. The molecule has 5 rings (SSSR count). The topological polar surface area (TPSA) is 150 Å². The fourth-order valence-corrected chi connectivity index (χ4v) is 4.03. The normalized spacial score (nSPS) is 11.5. The molecule has 1 amide bonds. The van der Waals surface area contributed by atoms with Crippen molar-refractivity contribution >= 4 is 39.9 Å². The Hall–Kier alpha value is -5.05. The molecule has 0 bridgehead atoms. The number of nitrogens with zero attached hydrogens (tertiary/aromatic N) is 7. The first-order valence-electron chi connectivity index (χ1n) is 10.8. The summed E-state index contributed by atoms with van der Waals surface area (Å²) in [6, 6.07) is 7.29. The van der Waals surface area contributed by atoms with Crippen molar-refractivity contribution in [1.29, 1.82) is 0 Å². The number of amides is 1. The second-order valence-electron chi connectivity index (χ2n) is 7.82. The number of fused-ring (bicyclic) bond motifs is 1. The highest BCUT2D eigenvalue weighted by atomic mass is 35.5. The number of ether oxygens (including phenoxy) is 1. The van der Waals surface area contributed by atoms with E-state index in [1.165, 1.54) is 37.6 Å². The first-order chi connectivity index (χ1) is 18.6. The molecular formula is C23H14ClF3N8O4. The van der Waals surface area contributed by atoms with Gasteiger partial charge in [0.05, 0.1) is 47.7 Å². The van der Waals surface area contributed by atoms with Crippen LogP contribution < -0.4 is 10.1 Å². The van der Waals surface area contributed by atoms with Crippen molar-refractivity contribution in [2.45, 2.75) is 6.18 Å². The Morgan fingerprint density at radius 3 is 2.54 bits per heavy atom. The number of hydrogen-bond acceptors (Lipinski definition) is 8. The number of aromatic nitrogens is 7. The molecule has 0 aliphatic rings. The molecule has 0 unspecified atom stereocenters. The number of carbonyl (C=O) groups is 2. The van der Waals surface area contributed by atoms with Gasteiger partial charge < -0.3 is 15.2 Å². The van der Waals surface area contributed by atoms with Gasteiger partial charge in [-0.05, 0) is 24.3 Å². The molecule has 0 spiro atoms. The smallest absolute Gasteiger partial charge is 0.434 e. The lowest BCUT2D eigenvalue weighted by Crippen LogP contribution is -2.21. The van der Waals surface area contributed by atoms with Gasteiger partial charge in [0.25, 0.3) is 5.91 Å². The zero-order chi connectivity index (χ0) is 27.9. The van der Waals surface area contributed by atoms with E-state index in [9.17, 15) is 22.8 Å². The predicted octanol–water partition coefficient (Wildman–Crippen LogP) is 4.03. The third-order valence-electron chi connectivity index (χ3n) is 5.43. The van der Waals surface area contributed by atoms with Gasteiger partial charge in [-0.1, -0.05) is 17.7 Å². The van der Waals surface area contributed by atoms with Crippen LogP contribution >= 0.6 is 11.6 Å². The van der Waals surface area contributed by atoms with Crippen LogP contribution in [0, 0.1) is 0 Å². The van der Waals surface area contributed by atoms with Crippen LogP contribution in [0.5, 0.6) is 5.88 Å². The molecule has 0 saturated heterocycles. The van der Waals surface area contributed by atoms with E-state index in [4.69, 9.17) is 21.4 Å². The monoisotopic (exact) mass is 558 g/mol. The highest BCUT2D eigenvalue weighted by Crippen LogP contribution is 2.36. The highest BCUT2D eigenvalue weighted by Gasteiger charge is 2.41. The molecule has 0 saturated carbocycles. The number of rotatable bonds is 6. The summed E-state index contributed by atoms with van der Waals surface area (Å²) in [5.74, 6) is -2.29. The number of carboxylic acids is 1. The molecule has 0 atom stereocenters. The third-order valence-corrected chi connectivity index (χ3v) is 5.71. The summed E-state index contributed by atoms with van der Waals surface area (Å²) in [6.45, 7) is 0. The van der Waals surface area contributed by atoms with E-state index in [-0.39, 0.29) is 33.8 Å². The molecule has 12 nitrogen and oxygen atoms in total. The van der Waals surface area contributed by atoms with Crippen LogP contribution in [0.2, 0.25) is 5.02 Å². The molecule has 1 aromatic carbocycles. The van der Waals surface area contributed by atoms with Gasteiger partial charge in [-0.3, -0.25) is 4.79 Å². The lowest BCUT2D eigenvalue weighted by atomic mass is 10.1. The van der Waals surface area contributed by atoms with E-state index < -0.39 is 29.3 Å². The van der Waals surface area contributed by atoms with E-state index in [2.05, 4.69) is 30.6 Å². The second-order valence-corrected chi connectivity index (χ2v) is 8.22. The Kier molecular flexibility index (Phi) is 6.35. The fourth-order valence-electron chi connectivity index (χ4n) is 3.79. The van der Waals surface area contributed by atoms with Crippen LogP contribution in [0.4, 0.5) is 18.9 Å². The predicted molar refractivity (Wildman–Crippen MR) is 129 cm³/mol. The van der Waals surface area contributed by atoms with E-state index in [0.29, 0.717) is 15.5 Å². The summed E-state index contributed by atoms with van der Waals surface area (Å²) < 4.78 is 48.6. The standard InChI is InChI=1S/C23H14ClF3N8O4/c1-39-21-13-3-2-4-17(12(13)5-6-28-21)34-18(23(25,26)27)14(9-30-34)20(36)32-11-7-15(24)19(29-8-11)35-31-10-16(33-35)22(37)38/h2-10H,1H3,(H,32,36)(H,37,38). The number of anilines is 1. The molecule has 198 valence electrons. The first-order valence-corrected chi connectivity index (χ1v) is 11.2. The molecule has 4 heterocycles. The summed E-state index contributed by atoms with van der Waals surface area (Å²) in [5.41, 5.74) is -2.40. The van der Waals surface area contributed by atoms with Crippen molar-refractivity contribution in [2.24, 2.45) is 0 Å². The van der Waals surface area contributed by atoms with Crippen LogP contribution in [0.1, 0.15) is 26.5 Å². The minimum Gasteiger partial charge on any atom is -0.481 e. The summed E-state index contributed by atoms with van der Waals surface area (Å²) in [4.78, 5) is 32.9. The molecule has 2 N–H and O–H groups in total. The lowest BCUT2D eigenvalue weighted by molar-refractivity contribution is -0.143. The van der Waals surface area contributed by atoms with Gasteiger partial charge in [-0.15, -0.1) is 9.90 Å². The van der Waals surface area contributed by atoms with Gasteiger partial charge in [-0.2, -0.15) is 23.4 Å². The first kappa shape index (κ1) is 25.6. The maximum atomic E-state index is 14.3. The molecular weight excluding hydrogens is 545 g/mol. The number of hydrogen-bond donors (Lipinski definition) is 2. The summed E-state index contributed by atoms with van der Waals surface area (Å²) in [5, 5.41) is 23.4. The molecule has 0 radical (unpaired) electrons.